The lowest BCUT2D eigenvalue weighted by atomic mass is 10.0. The number of nitrogens with two attached hydrogens (primary N) is 1. The van der Waals surface area contributed by atoms with E-state index in [1.807, 2.05) is 0 Å². The van der Waals surface area contributed by atoms with Gasteiger partial charge in [0.2, 0.25) is 0 Å². The van der Waals surface area contributed by atoms with E-state index in [1.165, 1.54) is 16.5 Å². The van der Waals surface area contributed by atoms with Crippen molar-refractivity contribution in [1.29, 1.82) is 0 Å². The summed E-state index contributed by atoms with van der Waals surface area (Å²) in [7, 11) is 0. The molecular formula is C16H24N2. The molecule has 1 heterocycles. The van der Waals surface area contributed by atoms with Crippen molar-refractivity contribution in [1.82, 2.24) is 4.57 Å². The van der Waals surface area contributed by atoms with Crippen molar-refractivity contribution in [3.63, 3.8) is 0 Å². The zero-order valence-corrected chi connectivity index (χ0v) is 11.7. The van der Waals surface area contributed by atoms with Gasteiger partial charge in [-0.05, 0) is 30.4 Å². The third kappa shape index (κ3) is 2.75. The molecule has 0 aliphatic carbocycles. The maximum absolute atomic E-state index is 6.10. The molecule has 1 aromatic carbocycles. The van der Waals surface area contributed by atoms with Crippen LogP contribution in [0.5, 0.6) is 0 Å². The highest BCUT2D eigenvalue weighted by atomic mass is 15.0. The van der Waals surface area contributed by atoms with Gasteiger partial charge in [-0.25, -0.2) is 0 Å². The highest BCUT2D eigenvalue weighted by Crippen LogP contribution is 2.23. The first-order valence-corrected chi connectivity index (χ1v) is 6.94. The minimum Gasteiger partial charge on any atom is -0.347 e. The Kier molecular flexibility index (Phi) is 4.07. The molecule has 0 amide bonds. The van der Waals surface area contributed by atoms with Crippen LogP contribution in [-0.4, -0.2) is 10.6 Å². The van der Waals surface area contributed by atoms with Crippen molar-refractivity contribution >= 4 is 10.9 Å². The van der Waals surface area contributed by atoms with Gasteiger partial charge in [-0.1, -0.05) is 39.0 Å². The van der Waals surface area contributed by atoms with Gasteiger partial charge in [-0.2, -0.15) is 0 Å². The van der Waals surface area contributed by atoms with Gasteiger partial charge in [-0.3, -0.25) is 0 Å². The molecule has 2 N–H and O–H groups in total. The fourth-order valence-electron chi connectivity index (χ4n) is 2.46. The van der Waals surface area contributed by atoms with E-state index in [4.69, 9.17) is 5.73 Å². The summed E-state index contributed by atoms with van der Waals surface area (Å²) in [6.45, 7) is 7.73. The fraction of sp³-hybridized carbons (Fsp3) is 0.500. The second-order valence-corrected chi connectivity index (χ2v) is 5.59. The van der Waals surface area contributed by atoms with Crippen LogP contribution in [0.1, 0.15) is 32.8 Å². The molecule has 1 aromatic heterocycles. The smallest absolute Gasteiger partial charge is 0.0483 e. The minimum atomic E-state index is 0.267. The highest BCUT2D eigenvalue weighted by Gasteiger charge is 2.11. The molecule has 0 radical (unpaired) electrons. The van der Waals surface area contributed by atoms with Gasteiger partial charge >= 0.3 is 0 Å². The number of para-hydroxylation sites is 1. The van der Waals surface area contributed by atoms with Crippen molar-refractivity contribution in [3.05, 3.63) is 36.0 Å². The average Bonchev–Trinajstić information content (AvgIpc) is 2.67. The molecule has 2 aromatic rings. The third-order valence-electron chi connectivity index (χ3n) is 3.44. The van der Waals surface area contributed by atoms with Crippen molar-refractivity contribution in [3.8, 4) is 0 Å². The molecule has 0 spiro atoms. The van der Waals surface area contributed by atoms with Gasteiger partial charge in [0, 0.05) is 29.7 Å². The summed E-state index contributed by atoms with van der Waals surface area (Å²) in [4.78, 5) is 0. The summed E-state index contributed by atoms with van der Waals surface area (Å²) >= 11 is 0. The summed E-state index contributed by atoms with van der Waals surface area (Å²) in [5.74, 6) is 0.661. The first-order chi connectivity index (χ1) is 8.61. The Bertz CT molecular complexity index is 511. The molecule has 0 aliphatic rings. The van der Waals surface area contributed by atoms with E-state index >= 15 is 0 Å². The second kappa shape index (κ2) is 5.57. The Balaban J connectivity index is 2.40. The lowest BCUT2D eigenvalue weighted by Crippen LogP contribution is -2.21. The van der Waals surface area contributed by atoms with Gasteiger partial charge in [0.05, 0.1) is 0 Å². The van der Waals surface area contributed by atoms with E-state index in [1.54, 1.807) is 0 Å². The molecule has 1 unspecified atom stereocenters. The van der Waals surface area contributed by atoms with E-state index in [0.717, 1.165) is 19.4 Å². The molecule has 0 saturated carbocycles. The number of fused-ring (bicyclic) bond motifs is 1. The molecule has 18 heavy (non-hydrogen) atoms. The fourth-order valence-corrected chi connectivity index (χ4v) is 2.46. The van der Waals surface area contributed by atoms with Crippen molar-refractivity contribution in [2.45, 2.75) is 46.2 Å². The largest absolute Gasteiger partial charge is 0.347 e. The van der Waals surface area contributed by atoms with Crippen LogP contribution in [0.2, 0.25) is 0 Å². The summed E-state index contributed by atoms with van der Waals surface area (Å²) in [5, 5.41) is 1.36. The molecule has 0 aliphatic heterocycles. The quantitative estimate of drug-likeness (QED) is 0.856. The van der Waals surface area contributed by atoms with Crippen LogP contribution < -0.4 is 5.73 Å². The zero-order chi connectivity index (χ0) is 13.1. The summed E-state index contributed by atoms with van der Waals surface area (Å²) < 4.78 is 2.37. The van der Waals surface area contributed by atoms with E-state index in [-0.39, 0.29) is 6.04 Å². The van der Waals surface area contributed by atoms with Crippen molar-refractivity contribution in [2.75, 3.05) is 0 Å². The maximum Gasteiger partial charge on any atom is 0.0483 e. The lowest BCUT2D eigenvalue weighted by Gasteiger charge is -2.08. The van der Waals surface area contributed by atoms with E-state index in [0.29, 0.717) is 5.92 Å². The van der Waals surface area contributed by atoms with Gasteiger partial charge in [0.25, 0.3) is 0 Å². The maximum atomic E-state index is 6.10. The number of aromatic nitrogens is 1. The lowest BCUT2D eigenvalue weighted by molar-refractivity contribution is 0.533. The molecular weight excluding hydrogens is 220 g/mol. The van der Waals surface area contributed by atoms with Crippen LogP contribution in [0.15, 0.2) is 30.5 Å². The predicted molar refractivity (Wildman–Crippen MR) is 78.7 cm³/mol. The molecule has 0 saturated heterocycles. The topological polar surface area (TPSA) is 30.9 Å². The van der Waals surface area contributed by atoms with Crippen molar-refractivity contribution < 1.29 is 0 Å². The van der Waals surface area contributed by atoms with Crippen LogP contribution in [-0.2, 0) is 13.0 Å². The van der Waals surface area contributed by atoms with Crippen LogP contribution in [0.4, 0.5) is 0 Å². The Labute approximate surface area is 110 Å². The molecule has 0 fully saturated rings. The van der Waals surface area contributed by atoms with Crippen LogP contribution in [0.3, 0.4) is 0 Å². The second-order valence-electron chi connectivity index (χ2n) is 5.59. The third-order valence-corrected chi connectivity index (χ3v) is 3.44. The van der Waals surface area contributed by atoms with Gasteiger partial charge in [-0.15, -0.1) is 0 Å². The molecule has 98 valence electrons. The molecule has 2 rings (SSSR count). The predicted octanol–water partition coefficient (Wildman–Crippen LogP) is 3.58. The zero-order valence-electron chi connectivity index (χ0n) is 11.7. The standard InChI is InChI=1S/C16H24N2/c1-4-14(17)9-13-11-18(10-12(2)3)16-8-6-5-7-15(13)16/h5-8,11-12,14H,4,9-10,17H2,1-3H3. The number of nitrogens with zero attached hydrogens (tertiary/aromatic N) is 1. The number of hydrogen-bond acceptors (Lipinski definition) is 1. The number of benzene rings is 1. The molecule has 1 atom stereocenters. The van der Waals surface area contributed by atoms with E-state index in [2.05, 4.69) is 55.8 Å². The molecule has 0 bridgehead atoms. The van der Waals surface area contributed by atoms with E-state index in [9.17, 15) is 0 Å². The Morgan fingerprint density at radius 2 is 1.94 bits per heavy atom. The Hall–Kier alpha value is -1.28. The van der Waals surface area contributed by atoms with Crippen LogP contribution in [0.25, 0.3) is 10.9 Å². The normalized spacial score (nSPS) is 13.4. The minimum absolute atomic E-state index is 0.267. The first kappa shape index (κ1) is 13.2. The van der Waals surface area contributed by atoms with Crippen molar-refractivity contribution in [2.24, 2.45) is 11.7 Å². The Morgan fingerprint density at radius 3 is 2.61 bits per heavy atom. The summed E-state index contributed by atoms with van der Waals surface area (Å²) in [5.41, 5.74) is 8.82. The molecule has 2 heteroatoms. The van der Waals surface area contributed by atoms with Gasteiger partial charge in [0.15, 0.2) is 0 Å². The highest BCUT2D eigenvalue weighted by molar-refractivity contribution is 5.84. The summed E-state index contributed by atoms with van der Waals surface area (Å²) in [6, 6.07) is 8.91. The SMILES string of the molecule is CCC(N)Cc1cn(CC(C)C)c2ccccc12. The monoisotopic (exact) mass is 244 g/mol. The summed E-state index contributed by atoms with van der Waals surface area (Å²) in [6.07, 6.45) is 4.30. The van der Waals surface area contributed by atoms with Gasteiger partial charge in [0.1, 0.15) is 0 Å². The average molecular weight is 244 g/mol. The van der Waals surface area contributed by atoms with Gasteiger partial charge < -0.3 is 10.3 Å². The first-order valence-electron chi connectivity index (χ1n) is 6.94. The number of hydrogen-bond donors (Lipinski definition) is 1. The van der Waals surface area contributed by atoms with E-state index < -0.39 is 0 Å². The molecule has 2 nitrogen and oxygen atoms in total. The van der Waals surface area contributed by atoms with Crippen LogP contribution in [0, 0.1) is 5.92 Å². The number of rotatable bonds is 5. The Morgan fingerprint density at radius 1 is 1.22 bits per heavy atom. The van der Waals surface area contributed by atoms with Crippen LogP contribution >= 0.6 is 0 Å².